The predicted octanol–water partition coefficient (Wildman–Crippen LogP) is 4.02. The summed E-state index contributed by atoms with van der Waals surface area (Å²) in [6.45, 7) is 5.77. The Morgan fingerprint density at radius 3 is 1.67 bits per heavy atom. The molecule has 0 N–H and O–H groups in total. The smallest absolute Gasteiger partial charge is 0.141 e. The lowest BCUT2D eigenvalue weighted by Gasteiger charge is -2.16. The first-order chi connectivity index (χ1) is 8.58. The van der Waals surface area contributed by atoms with Gasteiger partial charge in [-0.2, -0.15) is 0 Å². The summed E-state index contributed by atoms with van der Waals surface area (Å²) in [7, 11) is 0. The fourth-order valence-corrected chi connectivity index (χ4v) is 2.36. The van der Waals surface area contributed by atoms with Crippen LogP contribution < -0.4 is 0 Å². The van der Waals surface area contributed by atoms with Crippen LogP contribution in [-0.2, 0) is 4.79 Å². The summed E-state index contributed by atoms with van der Waals surface area (Å²) in [5, 5.41) is 0. The number of carbonyl (C=O) groups excluding carboxylic acids is 1. The third-order valence-corrected chi connectivity index (χ3v) is 3.16. The van der Waals surface area contributed by atoms with E-state index in [2.05, 4.69) is 38.1 Å². The van der Waals surface area contributed by atoms with Crippen molar-refractivity contribution in [2.75, 3.05) is 0 Å². The summed E-state index contributed by atoms with van der Waals surface area (Å²) in [5.74, 6) is 0.0380. The number of hydrogen-bond acceptors (Lipinski definition) is 1. The number of Topliss-reactive ketones (excluding diaryl/α,β-unsaturated/α-hetero) is 1. The predicted molar refractivity (Wildman–Crippen MR) is 74.9 cm³/mol. The molecule has 0 saturated carbocycles. The van der Waals surface area contributed by atoms with E-state index < -0.39 is 0 Å². The molecule has 2 rings (SSSR count). The summed E-state index contributed by atoms with van der Waals surface area (Å²) < 4.78 is 0. The number of hydrogen-bond donors (Lipinski definition) is 0. The Balaban J connectivity index is 2.50. The summed E-state index contributed by atoms with van der Waals surface area (Å²) in [6, 6.07) is 16.4. The van der Waals surface area contributed by atoms with Crippen molar-refractivity contribution in [1.29, 1.82) is 0 Å². The Bertz CT molecular complexity index is 524. The number of ketones is 1. The second-order valence-corrected chi connectivity index (χ2v) is 4.87. The summed E-state index contributed by atoms with van der Waals surface area (Å²) in [4.78, 5) is 12.0. The number of rotatable bonds is 3. The zero-order valence-electron chi connectivity index (χ0n) is 11.1. The lowest BCUT2D eigenvalue weighted by atomic mass is 9.87. The van der Waals surface area contributed by atoms with E-state index in [0.717, 1.165) is 11.1 Å². The molecular formula is C17H18O. The molecule has 0 bridgehead atoms. The van der Waals surface area contributed by atoms with Gasteiger partial charge in [-0.1, -0.05) is 59.7 Å². The molecular weight excluding hydrogens is 220 g/mol. The van der Waals surface area contributed by atoms with E-state index in [9.17, 15) is 4.79 Å². The van der Waals surface area contributed by atoms with Crippen LogP contribution in [0.2, 0.25) is 0 Å². The van der Waals surface area contributed by atoms with E-state index in [4.69, 9.17) is 0 Å². The SMILES string of the molecule is CC(=O)C(c1cccc(C)c1)c1cccc(C)c1. The minimum absolute atomic E-state index is 0.148. The van der Waals surface area contributed by atoms with Gasteiger partial charge in [-0.05, 0) is 31.9 Å². The molecule has 0 radical (unpaired) electrons. The van der Waals surface area contributed by atoms with Gasteiger partial charge in [-0.15, -0.1) is 0 Å². The molecule has 18 heavy (non-hydrogen) atoms. The highest BCUT2D eigenvalue weighted by Gasteiger charge is 2.18. The van der Waals surface area contributed by atoms with E-state index in [-0.39, 0.29) is 11.7 Å². The van der Waals surface area contributed by atoms with Gasteiger partial charge in [0.05, 0.1) is 5.92 Å². The molecule has 1 nitrogen and oxygen atoms in total. The van der Waals surface area contributed by atoms with Crippen LogP contribution in [0.3, 0.4) is 0 Å². The first-order valence-corrected chi connectivity index (χ1v) is 6.21. The van der Waals surface area contributed by atoms with Gasteiger partial charge in [-0.3, -0.25) is 4.79 Å². The Morgan fingerprint density at radius 1 is 0.889 bits per heavy atom. The van der Waals surface area contributed by atoms with Gasteiger partial charge in [0.1, 0.15) is 5.78 Å². The monoisotopic (exact) mass is 238 g/mol. The van der Waals surface area contributed by atoms with Crippen molar-refractivity contribution in [2.24, 2.45) is 0 Å². The lowest BCUT2D eigenvalue weighted by Crippen LogP contribution is -2.10. The molecule has 2 aromatic carbocycles. The van der Waals surface area contributed by atoms with Gasteiger partial charge in [-0.25, -0.2) is 0 Å². The Hall–Kier alpha value is -1.89. The normalized spacial score (nSPS) is 10.7. The highest BCUT2D eigenvalue weighted by atomic mass is 16.1. The van der Waals surface area contributed by atoms with Gasteiger partial charge in [0, 0.05) is 0 Å². The third-order valence-electron chi connectivity index (χ3n) is 3.16. The topological polar surface area (TPSA) is 17.1 Å². The van der Waals surface area contributed by atoms with Crippen LogP contribution in [0, 0.1) is 13.8 Å². The largest absolute Gasteiger partial charge is 0.299 e. The van der Waals surface area contributed by atoms with Crippen molar-refractivity contribution in [3.8, 4) is 0 Å². The van der Waals surface area contributed by atoms with Crippen molar-refractivity contribution >= 4 is 5.78 Å². The van der Waals surface area contributed by atoms with Crippen molar-refractivity contribution in [1.82, 2.24) is 0 Å². The minimum Gasteiger partial charge on any atom is -0.299 e. The van der Waals surface area contributed by atoms with Gasteiger partial charge in [0.25, 0.3) is 0 Å². The van der Waals surface area contributed by atoms with Gasteiger partial charge in [0.15, 0.2) is 0 Å². The molecule has 0 aliphatic heterocycles. The van der Waals surface area contributed by atoms with Crippen molar-refractivity contribution in [3.63, 3.8) is 0 Å². The average molecular weight is 238 g/mol. The highest BCUT2D eigenvalue weighted by molar-refractivity contribution is 5.87. The molecule has 0 atom stereocenters. The average Bonchev–Trinajstić information content (AvgIpc) is 2.28. The molecule has 2 aromatic rings. The lowest BCUT2D eigenvalue weighted by molar-refractivity contribution is -0.117. The van der Waals surface area contributed by atoms with E-state index in [1.807, 2.05) is 24.3 Å². The molecule has 0 aromatic heterocycles. The van der Waals surface area contributed by atoms with Crippen LogP contribution in [0.25, 0.3) is 0 Å². The van der Waals surface area contributed by atoms with Crippen molar-refractivity contribution < 1.29 is 4.79 Å². The molecule has 0 heterocycles. The zero-order chi connectivity index (χ0) is 13.1. The van der Waals surface area contributed by atoms with Crippen LogP contribution in [0.5, 0.6) is 0 Å². The minimum atomic E-state index is -0.148. The fraction of sp³-hybridized carbons (Fsp3) is 0.235. The Kier molecular flexibility index (Phi) is 3.61. The Morgan fingerprint density at radius 2 is 1.33 bits per heavy atom. The summed E-state index contributed by atoms with van der Waals surface area (Å²) in [5.41, 5.74) is 4.53. The standard InChI is InChI=1S/C17H18O/c1-12-6-4-8-15(10-12)17(14(3)18)16-9-5-7-13(2)11-16/h4-11,17H,1-3H3. The van der Waals surface area contributed by atoms with Gasteiger partial charge >= 0.3 is 0 Å². The van der Waals surface area contributed by atoms with E-state index in [1.54, 1.807) is 6.92 Å². The van der Waals surface area contributed by atoms with Gasteiger partial charge in [0.2, 0.25) is 0 Å². The fourth-order valence-electron chi connectivity index (χ4n) is 2.36. The van der Waals surface area contributed by atoms with Crippen LogP contribution in [-0.4, -0.2) is 5.78 Å². The van der Waals surface area contributed by atoms with Crippen LogP contribution in [0.15, 0.2) is 48.5 Å². The molecule has 0 amide bonds. The molecule has 0 saturated heterocycles. The zero-order valence-corrected chi connectivity index (χ0v) is 11.1. The molecule has 0 unspecified atom stereocenters. The van der Waals surface area contributed by atoms with Crippen LogP contribution in [0.4, 0.5) is 0 Å². The summed E-state index contributed by atoms with van der Waals surface area (Å²) >= 11 is 0. The molecule has 0 aliphatic rings. The van der Waals surface area contributed by atoms with Gasteiger partial charge < -0.3 is 0 Å². The molecule has 1 heteroatoms. The third kappa shape index (κ3) is 2.67. The molecule has 0 aliphatic carbocycles. The maximum absolute atomic E-state index is 12.0. The van der Waals surface area contributed by atoms with Crippen LogP contribution >= 0.6 is 0 Å². The summed E-state index contributed by atoms with van der Waals surface area (Å²) in [6.07, 6.45) is 0. The number of benzene rings is 2. The second-order valence-electron chi connectivity index (χ2n) is 4.87. The molecule has 92 valence electrons. The van der Waals surface area contributed by atoms with E-state index in [1.165, 1.54) is 11.1 Å². The van der Waals surface area contributed by atoms with E-state index >= 15 is 0 Å². The maximum atomic E-state index is 12.0. The molecule has 0 fully saturated rings. The van der Waals surface area contributed by atoms with Crippen LogP contribution in [0.1, 0.15) is 35.1 Å². The highest BCUT2D eigenvalue weighted by Crippen LogP contribution is 2.26. The first-order valence-electron chi connectivity index (χ1n) is 6.21. The Labute approximate surface area is 108 Å². The van der Waals surface area contributed by atoms with Crippen molar-refractivity contribution in [3.05, 3.63) is 70.8 Å². The molecule has 0 spiro atoms. The van der Waals surface area contributed by atoms with Crippen molar-refractivity contribution in [2.45, 2.75) is 26.7 Å². The maximum Gasteiger partial charge on any atom is 0.141 e. The number of carbonyl (C=O) groups is 1. The number of aryl methyl sites for hydroxylation is 2. The van der Waals surface area contributed by atoms with E-state index in [0.29, 0.717) is 0 Å². The second kappa shape index (κ2) is 5.18. The first kappa shape index (κ1) is 12.6. The quantitative estimate of drug-likeness (QED) is 0.789.